The Hall–Kier alpha value is -0.830. The Morgan fingerprint density at radius 1 is 1.44 bits per heavy atom. The van der Waals surface area contributed by atoms with Crippen LogP contribution in [-0.4, -0.2) is 22.3 Å². The van der Waals surface area contributed by atoms with Crippen molar-refractivity contribution in [2.24, 2.45) is 11.3 Å². The third-order valence-corrected chi connectivity index (χ3v) is 4.11. The molecule has 18 heavy (non-hydrogen) atoms. The lowest BCUT2D eigenvalue weighted by molar-refractivity contribution is -0.164. The first-order valence-corrected chi connectivity index (χ1v) is 6.60. The van der Waals surface area contributed by atoms with Gasteiger partial charge in [-0.05, 0) is 40.0 Å². The van der Waals surface area contributed by atoms with E-state index in [9.17, 15) is 9.90 Å². The van der Waals surface area contributed by atoms with Gasteiger partial charge in [-0.3, -0.25) is 4.79 Å². The van der Waals surface area contributed by atoms with Crippen LogP contribution in [0, 0.1) is 11.3 Å². The molecule has 1 aliphatic carbocycles. The number of hydrogen-bond donors (Lipinski definition) is 1. The van der Waals surface area contributed by atoms with Gasteiger partial charge in [0.15, 0.2) is 0 Å². The summed E-state index contributed by atoms with van der Waals surface area (Å²) in [6.45, 7) is 11.4. The van der Waals surface area contributed by atoms with E-state index in [1.807, 2.05) is 33.8 Å². The zero-order valence-electron chi connectivity index (χ0n) is 12.4. The zero-order valence-corrected chi connectivity index (χ0v) is 12.4. The minimum Gasteiger partial charge on any atom is -0.460 e. The molecule has 0 aliphatic heterocycles. The van der Waals surface area contributed by atoms with Gasteiger partial charge in [-0.15, -0.1) is 0 Å². The summed E-state index contributed by atoms with van der Waals surface area (Å²) in [6, 6.07) is 0. The molecule has 0 aromatic rings. The van der Waals surface area contributed by atoms with Crippen LogP contribution in [-0.2, 0) is 9.53 Å². The van der Waals surface area contributed by atoms with Crippen LogP contribution in [0.15, 0.2) is 12.2 Å². The maximum Gasteiger partial charge on any atom is 0.306 e. The van der Waals surface area contributed by atoms with Gasteiger partial charge in [0, 0.05) is 5.41 Å². The van der Waals surface area contributed by atoms with Crippen molar-refractivity contribution in [2.45, 2.75) is 65.6 Å². The van der Waals surface area contributed by atoms with Crippen molar-refractivity contribution >= 4 is 5.97 Å². The molecule has 1 aliphatic rings. The van der Waals surface area contributed by atoms with E-state index in [4.69, 9.17) is 4.74 Å². The molecule has 0 fully saturated rings. The van der Waals surface area contributed by atoms with Crippen LogP contribution >= 0.6 is 0 Å². The summed E-state index contributed by atoms with van der Waals surface area (Å²) in [6.07, 6.45) is 4.91. The third-order valence-electron chi connectivity index (χ3n) is 4.11. The van der Waals surface area contributed by atoms with Crippen molar-refractivity contribution in [1.29, 1.82) is 0 Å². The van der Waals surface area contributed by atoms with E-state index in [2.05, 4.69) is 6.92 Å². The number of hydrogen-bond acceptors (Lipinski definition) is 3. The molecule has 0 heterocycles. The summed E-state index contributed by atoms with van der Waals surface area (Å²) in [5.74, 6) is -0.00237. The highest BCUT2D eigenvalue weighted by atomic mass is 16.6. The Kier molecular flexibility index (Phi) is 3.97. The normalized spacial score (nSPS) is 36.5. The highest BCUT2D eigenvalue weighted by Gasteiger charge is 2.48. The van der Waals surface area contributed by atoms with Crippen molar-refractivity contribution in [3.05, 3.63) is 12.2 Å². The number of ether oxygens (including phenoxy) is 1. The van der Waals surface area contributed by atoms with E-state index in [0.717, 1.165) is 6.42 Å². The van der Waals surface area contributed by atoms with Crippen molar-refractivity contribution in [2.75, 3.05) is 0 Å². The van der Waals surface area contributed by atoms with E-state index >= 15 is 0 Å². The van der Waals surface area contributed by atoms with Gasteiger partial charge in [0.25, 0.3) is 0 Å². The Labute approximate surface area is 110 Å². The summed E-state index contributed by atoms with van der Waals surface area (Å²) in [5.41, 5.74) is -1.93. The van der Waals surface area contributed by atoms with Gasteiger partial charge in [0.1, 0.15) is 5.60 Å². The van der Waals surface area contributed by atoms with Gasteiger partial charge >= 0.3 is 5.97 Å². The minimum absolute atomic E-state index is 0.239. The van der Waals surface area contributed by atoms with Crippen LogP contribution < -0.4 is 0 Å². The largest absolute Gasteiger partial charge is 0.460 e. The summed E-state index contributed by atoms with van der Waals surface area (Å²) in [4.78, 5) is 12.0. The average Bonchev–Trinajstić information content (AvgIpc) is 2.11. The molecule has 1 N–H and O–H groups in total. The quantitative estimate of drug-likeness (QED) is 0.608. The second kappa shape index (κ2) is 4.69. The lowest BCUT2D eigenvalue weighted by atomic mass is 9.61. The van der Waals surface area contributed by atoms with E-state index in [-0.39, 0.29) is 18.3 Å². The summed E-state index contributed by atoms with van der Waals surface area (Å²) >= 11 is 0. The molecule has 0 spiro atoms. The summed E-state index contributed by atoms with van der Waals surface area (Å²) < 4.78 is 5.37. The molecular weight excluding hydrogens is 228 g/mol. The van der Waals surface area contributed by atoms with E-state index in [1.165, 1.54) is 0 Å². The lowest BCUT2D eigenvalue weighted by Gasteiger charge is -2.47. The maximum absolute atomic E-state index is 12.0. The fourth-order valence-corrected chi connectivity index (χ4v) is 2.48. The number of aliphatic hydroxyl groups is 1. The number of esters is 1. The van der Waals surface area contributed by atoms with Crippen LogP contribution in [0.1, 0.15) is 54.4 Å². The standard InChI is InChI=1S/C15H26O3/c1-11-8-7-9-15(6,17)14(11,5)10-12(16)18-13(2,3)4/h7,9,11,17H,8,10H2,1-6H3/t11-,14+,15+/m1/s1. The van der Waals surface area contributed by atoms with Crippen molar-refractivity contribution in [1.82, 2.24) is 0 Å². The topological polar surface area (TPSA) is 46.5 Å². The fraction of sp³-hybridized carbons (Fsp3) is 0.800. The Morgan fingerprint density at radius 2 is 2.00 bits per heavy atom. The Morgan fingerprint density at radius 3 is 2.44 bits per heavy atom. The highest BCUT2D eigenvalue weighted by Crippen LogP contribution is 2.47. The Balaban J connectivity index is 2.86. The van der Waals surface area contributed by atoms with Crippen LogP contribution in [0.3, 0.4) is 0 Å². The van der Waals surface area contributed by atoms with Crippen LogP contribution in [0.2, 0.25) is 0 Å². The van der Waals surface area contributed by atoms with Gasteiger partial charge in [0.05, 0.1) is 12.0 Å². The molecule has 0 saturated heterocycles. The van der Waals surface area contributed by atoms with Gasteiger partial charge in [-0.2, -0.15) is 0 Å². The van der Waals surface area contributed by atoms with Gasteiger partial charge in [-0.1, -0.05) is 26.0 Å². The summed E-state index contributed by atoms with van der Waals surface area (Å²) in [5, 5.41) is 10.5. The first-order chi connectivity index (χ1) is 7.98. The molecule has 1 rings (SSSR count). The van der Waals surface area contributed by atoms with Gasteiger partial charge < -0.3 is 9.84 Å². The molecular formula is C15H26O3. The van der Waals surface area contributed by atoms with Crippen LogP contribution in [0.4, 0.5) is 0 Å². The molecule has 0 radical (unpaired) electrons. The van der Waals surface area contributed by atoms with Gasteiger partial charge in [0.2, 0.25) is 0 Å². The van der Waals surface area contributed by atoms with E-state index in [1.54, 1.807) is 13.0 Å². The minimum atomic E-state index is -0.971. The lowest BCUT2D eigenvalue weighted by Crippen LogP contribution is -2.50. The maximum atomic E-state index is 12.0. The second-order valence-corrected chi connectivity index (χ2v) is 6.87. The van der Waals surface area contributed by atoms with Crippen molar-refractivity contribution in [3.8, 4) is 0 Å². The number of carbonyl (C=O) groups excluding carboxylic acids is 1. The molecule has 104 valence electrons. The van der Waals surface area contributed by atoms with Crippen molar-refractivity contribution < 1.29 is 14.6 Å². The average molecular weight is 254 g/mol. The Bertz CT molecular complexity index is 349. The molecule has 3 nitrogen and oxygen atoms in total. The number of rotatable bonds is 2. The number of allylic oxidation sites excluding steroid dienone is 1. The van der Waals surface area contributed by atoms with Gasteiger partial charge in [-0.25, -0.2) is 0 Å². The van der Waals surface area contributed by atoms with Crippen LogP contribution in [0.25, 0.3) is 0 Å². The molecule has 0 unspecified atom stereocenters. The highest BCUT2D eigenvalue weighted by molar-refractivity contribution is 5.71. The first-order valence-electron chi connectivity index (χ1n) is 6.60. The number of carbonyl (C=O) groups is 1. The first kappa shape index (κ1) is 15.2. The monoisotopic (exact) mass is 254 g/mol. The smallest absolute Gasteiger partial charge is 0.306 e. The molecule has 0 saturated carbocycles. The van der Waals surface area contributed by atoms with E-state index < -0.39 is 16.6 Å². The molecule has 3 atom stereocenters. The zero-order chi connectivity index (χ0) is 14.2. The predicted octanol–water partition coefficient (Wildman–Crippen LogP) is 3.07. The molecule has 0 aromatic heterocycles. The third kappa shape index (κ3) is 3.14. The molecule has 0 bridgehead atoms. The molecule has 0 amide bonds. The SMILES string of the molecule is C[C@@H]1CC=C[C@](C)(O)[C@@]1(C)CC(=O)OC(C)(C)C. The summed E-state index contributed by atoms with van der Waals surface area (Å²) in [7, 11) is 0. The van der Waals surface area contributed by atoms with E-state index in [0.29, 0.717) is 0 Å². The van der Waals surface area contributed by atoms with Crippen LogP contribution in [0.5, 0.6) is 0 Å². The fourth-order valence-electron chi connectivity index (χ4n) is 2.48. The molecule has 3 heteroatoms. The predicted molar refractivity (Wildman–Crippen MR) is 72.1 cm³/mol. The van der Waals surface area contributed by atoms with Crippen molar-refractivity contribution in [3.63, 3.8) is 0 Å². The molecule has 0 aromatic carbocycles. The second-order valence-electron chi connectivity index (χ2n) is 6.87.